The highest BCUT2D eigenvalue weighted by Crippen LogP contribution is 2.20. The lowest BCUT2D eigenvalue weighted by atomic mass is 10.2. The first kappa shape index (κ1) is 20.3. The molecule has 0 atom stereocenters. The van der Waals surface area contributed by atoms with Gasteiger partial charge in [-0.15, -0.1) is 0 Å². The van der Waals surface area contributed by atoms with E-state index < -0.39 is 0 Å². The second kappa shape index (κ2) is 9.14. The molecule has 2 aromatic carbocycles. The Morgan fingerprint density at radius 1 is 1.32 bits per heavy atom. The zero-order valence-electron chi connectivity index (χ0n) is 15.7. The molecule has 3 aromatic rings. The molecule has 0 radical (unpaired) electrons. The second-order valence-corrected chi connectivity index (χ2v) is 7.13. The molecule has 0 aliphatic carbocycles. The van der Waals surface area contributed by atoms with Gasteiger partial charge in [-0.25, -0.2) is 4.98 Å². The molecule has 0 bridgehead atoms. The number of para-hydroxylation sites is 1. The molecular weight excluding hydrogens is 396 g/mol. The Hall–Kier alpha value is -2.48. The van der Waals surface area contributed by atoms with Crippen LogP contribution in [0, 0.1) is 6.92 Å². The van der Waals surface area contributed by atoms with E-state index in [2.05, 4.69) is 15.3 Å². The Morgan fingerprint density at radius 3 is 2.86 bits per heavy atom. The number of anilines is 1. The van der Waals surface area contributed by atoms with Gasteiger partial charge in [0.2, 0.25) is 0 Å². The highest BCUT2D eigenvalue weighted by Gasteiger charge is 2.14. The summed E-state index contributed by atoms with van der Waals surface area (Å²) < 4.78 is 5.20. The molecular formula is C20H21ClN4O2S. The third-order valence-electron chi connectivity index (χ3n) is 4.28. The summed E-state index contributed by atoms with van der Waals surface area (Å²) in [6.45, 7) is 3.30. The summed E-state index contributed by atoms with van der Waals surface area (Å²) in [5.74, 6) is 0.533. The molecule has 0 amide bonds. The van der Waals surface area contributed by atoms with Crippen LogP contribution >= 0.6 is 23.8 Å². The summed E-state index contributed by atoms with van der Waals surface area (Å²) in [6.07, 6.45) is 0. The van der Waals surface area contributed by atoms with E-state index in [4.69, 9.17) is 28.6 Å². The van der Waals surface area contributed by atoms with Gasteiger partial charge in [0, 0.05) is 24.4 Å². The van der Waals surface area contributed by atoms with Crippen LogP contribution in [0.1, 0.15) is 11.4 Å². The third-order valence-corrected chi connectivity index (χ3v) is 5.05. The molecule has 3 rings (SSSR count). The summed E-state index contributed by atoms with van der Waals surface area (Å²) in [5.41, 5.74) is 2.27. The number of ether oxygens (including phenoxy) is 1. The van der Waals surface area contributed by atoms with Crippen molar-refractivity contribution >= 4 is 45.5 Å². The lowest BCUT2D eigenvalue weighted by molar-refractivity contribution is 0.174. The van der Waals surface area contributed by atoms with Gasteiger partial charge >= 0.3 is 0 Å². The van der Waals surface area contributed by atoms with Crippen molar-refractivity contribution in [3.63, 3.8) is 0 Å². The molecule has 1 heterocycles. The summed E-state index contributed by atoms with van der Waals surface area (Å²) in [6, 6.07) is 12.9. The van der Waals surface area contributed by atoms with Gasteiger partial charge in [0.25, 0.3) is 5.56 Å². The molecule has 0 aliphatic heterocycles. The minimum absolute atomic E-state index is 0.170. The van der Waals surface area contributed by atoms with Crippen LogP contribution in [0.2, 0.25) is 5.02 Å². The minimum Gasteiger partial charge on any atom is -0.383 e. The lowest BCUT2D eigenvalue weighted by Gasteiger charge is -2.25. The van der Waals surface area contributed by atoms with E-state index in [1.807, 2.05) is 48.2 Å². The summed E-state index contributed by atoms with van der Waals surface area (Å²) in [5, 5.41) is 4.91. The fraction of sp³-hybridized carbons (Fsp3) is 0.250. The normalized spacial score (nSPS) is 10.8. The van der Waals surface area contributed by atoms with Crippen molar-refractivity contribution in [3.05, 3.63) is 69.2 Å². The summed E-state index contributed by atoms with van der Waals surface area (Å²) in [7, 11) is 1.63. The average Bonchev–Trinajstić information content (AvgIpc) is 2.68. The molecule has 0 aliphatic rings. The predicted octanol–water partition coefficient (Wildman–Crippen LogP) is 3.73. The highest BCUT2D eigenvalue weighted by molar-refractivity contribution is 7.80. The van der Waals surface area contributed by atoms with Crippen molar-refractivity contribution in [2.45, 2.75) is 13.5 Å². The van der Waals surface area contributed by atoms with Crippen LogP contribution in [0.3, 0.4) is 0 Å². The van der Waals surface area contributed by atoms with Gasteiger partial charge in [0.1, 0.15) is 5.82 Å². The molecule has 28 heavy (non-hydrogen) atoms. The third kappa shape index (κ3) is 4.86. The first-order valence-electron chi connectivity index (χ1n) is 8.77. The number of H-pyrrole nitrogens is 1. The van der Waals surface area contributed by atoms with Gasteiger partial charge in [0.05, 0.1) is 24.1 Å². The number of aromatic amines is 1. The summed E-state index contributed by atoms with van der Waals surface area (Å²) in [4.78, 5) is 21.6. The van der Waals surface area contributed by atoms with E-state index in [-0.39, 0.29) is 5.56 Å². The number of hydrogen-bond donors (Lipinski definition) is 2. The number of hydrogen-bond acceptors (Lipinski definition) is 4. The van der Waals surface area contributed by atoms with Crippen molar-refractivity contribution < 1.29 is 4.74 Å². The Kier molecular flexibility index (Phi) is 6.61. The van der Waals surface area contributed by atoms with Gasteiger partial charge in [-0.1, -0.05) is 29.8 Å². The lowest BCUT2D eigenvalue weighted by Crippen LogP contribution is -2.37. The number of aryl methyl sites for hydroxylation is 1. The molecule has 6 nitrogen and oxygen atoms in total. The van der Waals surface area contributed by atoms with Crippen LogP contribution in [-0.2, 0) is 11.3 Å². The van der Waals surface area contributed by atoms with Crippen LogP contribution in [-0.4, -0.2) is 40.2 Å². The zero-order valence-corrected chi connectivity index (χ0v) is 17.2. The van der Waals surface area contributed by atoms with Crippen LogP contribution in [0.15, 0.2) is 47.3 Å². The van der Waals surface area contributed by atoms with E-state index >= 15 is 0 Å². The van der Waals surface area contributed by atoms with E-state index in [9.17, 15) is 4.79 Å². The van der Waals surface area contributed by atoms with Crippen LogP contribution in [0.5, 0.6) is 0 Å². The number of methoxy groups -OCH3 is 1. The molecule has 0 unspecified atom stereocenters. The maximum absolute atomic E-state index is 12.3. The largest absolute Gasteiger partial charge is 0.383 e. The fourth-order valence-corrected chi connectivity index (χ4v) is 3.17. The second-order valence-electron chi connectivity index (χ2n) is 6.34. The smallest absolute Gasteiger partial charge is 0.258 e. The Labute approximate surface area is 173 Å². The maximum Gasteiger partial charge on any atom is 0.258 e. The van der Waals surface area contributed by atoms with Gasteiger partial charge in [-0.05, 0) is 49.0 Å². The predicted molar refractivity (Wildman–Crippen MR) is 117 cm³/mol. The Balaban J connectivity index is 1.82. The maximum atomic E-state index is 12.3. The zero-order chi connectivity index (χ0) is 20.1. The average molecular weight is 417 g/mol. The monoisotopic (exact) mass is 416 g/mol. The van der Waals surface area contributed by atoms with E-state index in [1.54, 1.807) is 13.2 Å². The quantitative estimate of drug-likeness (QED) is 0.597. The molecule has 0 spiro atoms. The van der Waals surface area contributed by atoms with Crippen LogP contribution in [0.25, 0.3) is 10.9 Å². The van der Waals surface area contributed by atoms with Crippen molar-refractivity contribution in [1.82, 2.24) is 14.9 Å². The molecule has 0 saturated carbocycles. The Morgan fingerprint density at radius 2 is 2.11 bits per heavy atom. The molecule has 8 heteroatoms. The standard InChI is InChI=1S/C20H21ClN4O2S/c1-13-7-8-14(11-16(13)21)22-20(28)25(9-10-27-2)12-18-23-17-6-4-3-5-15(17)19(26)24-18/h3-8,11H,9-10,12H2,1-2H3,(H,22,28)(H,23,24,26). The number of halogens is 1. The van der Waals surface area contributed by atoms with E-state index in [1.165, 1.54) is 0 Å². The van der Waals surface area contributed by atoms with Gasteiger partial charge in [0.15, 0.2) is 5.11 Å². The number of rotatable bonds is 6. The first-order valence-corrected chi connectivity index (χ1v) is 9.55. The number of nitrogens with zero attached hydrogens (tertiary/aromatic N) is 2. The minimum atomic E-state index is -0.170. The van der Waals surface area contributed by atoms with Crippen molar-refractivity contribution in [2.24, 2.45) is 0 Å². The Bertz CT molecular complexity index is 1050. The number of fused-ring (bicyclic) bond motifs is 1. The van der Waals surface area contributed by atoms with Crippen molar-refractivity contribution in [1.29, 1.82) is 0 Å². The first-order chi connectivity index (χ1) is 13.5. The number of aromatic nitrogens is 2. The molecule has 1 aromatic heterocycles. The molecule has 0 fully saturated rings. The number of thiocarbonyl (C=S) groups is 1. The van der Waals surface area contributed by atoms with Gasteiger partial charge < -0.3 is 19.9 Å². The molecule has 2 N–H and O–H groups in total. The highest BCUT2D eigenvalue weighted by atomic mass is 35.5. The van der Waals surface area contributed by atoms with Crippen molar-refractivity contribution in [3.8, 4) is 0 Å². The van der Waals surface area contributed by atoms with Crippen LogP contribution in [0.4, 0.5) is 5.69 Å². The topological polar surface area (TPSA) is 70.2 Å². The SMILES string of the molecule is COCCN(Cc1nc2ccccc2c(=O)[nH]1)C(=S)Nc1ccc(C)c(Cl)c1. The molecule has 0 saturated heterocycles. The summed E-state index contributed by atoms with van der Waals surface area (Å²) >= 11 is 11.8. The number of benzene rings is 2. The molecule has 146 valence electrons. The van der Waals surface area contributed by atoms with Crippen molar-refractivity contribution in [2.75, 3.05) is 25.6 Å². The van der Waals surface area contributed by atoms with Gasteiger partial charge in [-0.2, -0.15) is 0 Å². The van der Waals surface area contributed by atoms with Gasteiger partial charge in [-0.3, -0.25) is 4.79 Å². The van der Waals surface area contributed by atoms with E-state index in [0.717, 1.165) is 11.3 Å². The fourth-order valence-electron chi connectivity index (χ4n) is 2.72. The number of nitrogens with one attached hydrogen (secondary N) is 2. The van der Waals surface area contributed by atoms with Crippen LogP contribution < -0.4 is 10.9 Å². The van der Waals surface area contributed by atoms with E-state index in [0.29, 0.717) is 46.6 Å².